The van der Waals surface area contributed by atoms with Gasteiger partial charge in [0, 0.05) is 37.8 Å². The second kappa shape index (κ2) is 4.90. The number of piperazine rings is 1. The van der Waals surface area contributed by atoms with Gasteiger partial charge in [0.25, 0.3) is 0 Å². The van der Waals surface area contributed by atoms with E-state index in [1.54, 1.807) is 0 Å². The summed E-state index contributed by atoms with van der Waals surface area (Å²) in [5, 5.41) is 13.7. The highest BCUT2D eigenvalue weighted by Crippen LogP contribution is 2.47. The van der Waals surface area contributed by atoms with Gasteiger partial charge >= 0.3 is 0 Å². The molecule has 2 aliphatic rings. The van der Waals surface area contributed by atoms with Crippen LogP contribution in [0.25, 0.3) is 0 Å². The van der Waals surface area contributed by atoms with Gasteiger partial charge in [-0.25, -0.2) is 0 Å². The maximum Gasteiger partial charge on any atom is 0.123 e. The molecule has 2 fully saturated rings. The summed E-state index contributed by atoms with van der Waals surface area (Å²) < 4.78 is 0. The molecule has 3 rings (SSSR count). The van der Waals surface area contributed by atoms with Crippen LogP contribution in [-0.2, 0) is 0 Å². The number of nitrogens with zero attached hydrogens (tertiary/aromatic N) is 1. The van der Waals surface area contributed by atoms with Gasteiger partial charge in [0.15, 0.2) is 0 Å². The third-order valence-electron chi connectivity index (χ3n) is 4.20. The summed E-state index contributed by atoms with van der Waals surface area (Å²) in [5.41, 5.74) is 2.13. The average molecular weight is 246 g/mol. The second-order valence-corrected chi connectivity index (χ2v) is 5.58. The van der Waals surface area contributed by atoms with Crippen LogP contribution in [0.3, 0.4) is 0 Å². The van der Waals surface area contributed by atoms with Crippen molar-refractivity contribution in [3.8, 4) is 5.75 Å². The molecule has 2 N–H and O–H groups in total. The standard InChI is InChI=1S/C15H22N2O/c1-11-3-2-4-13(15(11)18)14(12-5-6-12)17-9-7-16-8-10-17/h2-4,12,14,16,18H,5-10H2,1H3/t14-/m1/s1. The van der Waals surface area contributed by atoms with E-state index in [-0.39, 0.29) is 0 Å². The Balaban J connectivity index is 1.90. The number of para-hydroxylation sites is 1. The molecule has 1 saturated carbocycles. The normalized spacial score (nSPS) is 22.9. The highest BCUT2D eigenvalue weighted by atomic mass is 16.3. The Kier molecular flexibility index (Phi) is 3.27. The molecule has 1 heterocycles. The van der Waals surface area contributed by atoms with E-state index in [0.29, 0.717) is 11.8 Å². The minimum atomic E-state index is 0.423. The summed E-state index contributed by atoms with van der Waals surface area (Å²) in [6.45, 7) is 6.30. The maximum absolute atomic E-state index is 10.3. The first-order chi connectivity index (χ1) is 8.77. The smallest absolute Gasteiger partial charge is 0.123 e. The topological polar surface area (TPSA) is 35.5 Å². The van der Waals surface area contributed by atoms with Crippen LogP contribution in [0.5, 0.6) is 5.75 Å². The molecule has 98 valence electrons. The van der Waals surface area contributed by atoms with Crippen molar-refractivity contribution in [3.05, 3.63) is 29.3 Å². The van der Waals surface area contributed by atoms with Crippen molar-refractivity contribution < 1.29 is 5.11 Å². The number of aryl methyl sites for hydroxylation is 1. The lowest BCUT2D eigenvalue weighted by atomic mass is 9.97. The number of aromatic hydroxyl groups is 1. The molecule has 1 saturated heterocycles. The molecule has 1 aliphatic carbocycles. The van der Waals surface area contributed by atoms with E-state index in [1.165, 1.54) is 12.8 Å². The Morgan fingerprint density at radius 2 is 2.00 bits per heavy atom. The van der Waals surface area contributed by atoms with Crippen LogP contribution in [0.4, 0.5) is 0 Å². The third-order valence-corrected chi connectivity index (χ3v) is 4.20. The molecule has 0 radical (unpaired) electrons. The zero-order valence-corrected chi connectivity index (χ0v) is 11.0. The van der Waals surface area contributed by atoms with Crippen molar-refractivity contribution >= 4 is 0 Å². The summed E-state index contributed by atoms with van der Waals surface area (Å²) in [4.78, 5) is 2.54. The van der Waals surface area contributed by atoms with Crippen LogP contribution in [0, 0.1) is 12.8 Å². The van der Waals surface area contributed by atoms with E-state index in [0.717, 1.165) is 43.2 Å². The molecule has 0 unspecified atom stereocenters. The van der Waals surface area contributed by atoms with E-state index in [2.05, 4.69) is 22.3 Å². The number of phenols is 1. The fourth-order valence-corrected chi connectivity index (χ4v) is 3.04. The Labute approximate surface area is 109 Å². The Bertz CT molecular complexity index is 423. The quantitative estimate of drug-likeness (QED) is 0.857. The largest absolute Gasteiger partial charge is 0.507 e. The summed E-state index contributed by atoms with van der Waals surface area (Å²) in [6, 6.07) is 6.59. The Morgan fingerprint density at radius 1 is 1.28 bits per heavy atom. The van der Waals surface area contributed by atoms with Gasteiger partial charge in [0.05, 0.1) is 0 Å². The molecule has 3 nitrogen and oxygen atoms in total. The van der Waals surface area contributed by atoms with Gasteiger partial charge in [-0.3, -0.25) is 4.90 Å². The Morgan fingerprint density at radius 3 is 2.67 bits per heavy atom. The molecule has 1 aromatic rings. The van der Waals surface area contributed by atoms with Crippen LogP contribution in [-0.4, -0.2) is 36.2 Å². The first-order valence-electron chi connectivity index (χ1n) is 7.00. The Hall–Kier alpha value is -1.06. The van der Waals surface area contributed by atoms with Crippen LogP contribution >= 0.6 is 0 Å². The molecular weight excluding hydrogens is 224 g/mol. The van der Waals surface area contributed by atoms with Gasteiger partial charge in [0.2, 0.25) is 0 Å². The van der Waals surface area contributed by atoms with E-state index in [1.807, 2.05) is 13.0 Å². The maximum atomic E-state index is 10.3. The molecular formula is C15H22N2O. The number of phenolic OH excluding ortho intramolecular Hbond substituents is 1. The zero-order chi connectivity index (χ0) is 12.5. The number of nitrogens with one attached hydrogen (secondary N) is 1. The van der Waals surface area contributed by atoms with Gasteiger partial charge in [-0.15, -0.1) is 0 Å². The SMILES string of the molecule is Cc1cccc([C@@H](C2CC2)N2CCNCC2)c1O. The number of benzene rings is 1. The predicted octanol–water partition coefficient (Wildman–Crippen LogP) is 2.06. The minimum Gasteiger partial charge on any atom is -0.507 e. The van der Waals surface area contributed by atoms with Crippen LogP contribution in [0.2, 0.25) is 0 Å². The minimum absolute atomic E-state index is 0.423. The number of hydrogen-bond donors (Lipinski definition) is 2. The lowest BCUT2D eigenvalue weighted by Gasteiger charge is -2.36. The fourth-order valence-electron chi connectivity index (χ4n) is 3.04. The van der Waals surface area contributed by atoms with Gasteiger partial charge < -0.3 is 10.4 Å². The molecule has 0 aromatic heterocycles. The fraction of sp³-hybridized carbons (Fsp3) is 0.600. The van der Waals surface area contributed by atoms with Gasteiger partial charge in [-0.05, 0) is 31.2 Å². The van der Waals surface area contributed by atoms with Crippen LogP contribution in [0.1, 0.15) is 30.0 Å². The number of rotatable bonds is 3. The van der Waals surface area contributed by atoms with Gasteiger partial charge in [-0.1, -0.05) is 18.2 Å². The summed E-state index contributed by atoms with van der Waals surface area (Å²) in [5.74, 6) is 1.25. The van der Waals surface area contributed by atoms with Gasteiger partial charge in [0.1, 0.15) is 5.75 Å². The molecule has 1 aromatic carbocycles. The van der Waals surface area contributed by atoms with Crippen LogP contribution in [0.15, 0.2) is 18.2 Å². The number of hydrogen-bond acceptors (Lipinski definition) is 3. The summed E-state index contributed by atoms with van der Waals surface area (Å²) in [6.07, 6.45) is 2.62. The van der Waals surface area contributed by atoms with Crippen LogP contribution < -0.4 is 5.32 Å². The monoisotopic (exact) mass is 246 g/mol. The average Bonchev–Trinajstić information content (AvgIpc) is 3.21. The van der Waals surface area contributed by atoms with Crippen molar-refractivity contribution in [2.75, 3.05) is 26.2 Å². The van der Waals surface area contributed by atoms with Crippen molar-refractivity contribution in [3.63, 3.8) is 0 Å². The predicted molar refractivity (Wildman–Crippen MR) is 72.8 cm³/mol. The zero-order valence-electron chi connectivity index (χ0n) is 11.0. The molecule has 0 spiro atoms. The molecule has 0 bridgehead atoms. The highest BCUT2D eigenvalue weighted by molar-refractivity contribution is 5.42. The van der Waals surface area contributed by atoms with Crippen molar-refractivity contribution in [1.82, 2.24) is 10.2 Å². The molecule has 1 atom stereocenters. The van der Waals surface area contributed by atoms with E-state index in [4.69, 9.17) is 0 Å². The second-order valence-electron chi connectivity index (χ2n) is 5.58. The first-order valence-corrected chi connectivity index (χ1v) is 7.00. The van der Waals surface area contributed by atoms with Gasteiger partial charge in [-0.2, -0.15) is 0 Å². The highest BCUT2D eigenvalue weighted by Gasteiger charge is 2.38. The summed E-state index contributed by atoms with van der Waals surface area (Å²) in [7, 11) is 0. The van der Waals surface area contributed by atoms with E-state index in [9.17, 15) is 5.11 Å². The van der Waals surface area contributed by atoms with E-state index < -0.39 is 0 Å². The lowest BCUT2D eigenvalue weighted by molar-refractivity contribution is 0.153. The first kappa shape index (κ1) is 12.0. The molecule has 0 amide bonds. The molecule has 1 aliphatic heterocycles. The van der Waals surface area contributed by atoms with E-state index >= 15 is 0 Å². The molecule has 3 heteroatoms. The van der Waals surface area contributed by atoms with Crippen molar-refractivity contribution in [2.24, 2.45) is 5.92 Å². The lowest BCUT2D eigenvalue weighted by Crippen LogP contribution is -2.45. The molecule has 18 heavy (non-hydrogen) atoms. The third kappa shape index (κ3) is 2.25. The van der Waals surface area contributed by atoms with Crippen molar-refractivity contribution in [1.29, 1.82) is 0 Å². The van der Waals surface area contributed by atoms with Crippen molar-refractivity contribution in [2.45, 2.75) is 25.8 Å². The summed E-state index contributed by atoms with van der Waals surface area (Å²) >= 11 is 0.